The zero-order valence-electron chi connectivity index (χ0n) is 7.34. The molecule has 0 radical (unpaired) electrons. The van der Waals surface area contributed by atoms with Gasteiger partial charge in [0, 0.05) is 11.3 Å². The summed E-state index contributed by atoms with van der Waals surface area (Å²) in [4.78, 5) is 1.18. The number of hydrogen-bond donors (Lipinski definition) is 1. The Labute approximate surface area is 89.7 Å². The number of ether oxygens (including phenoxy) is 1. The highest BCUT2D eigenvalue weighted by atomic mass is 79.9. The Morgan fingerprint density at radius 1 is 1.69 bits per heavy atom. The van der Waals surface area contributed by atoms with Gasteiger partial charge >= 0.3 is 0 Å². The third kappa shape index (κ3) is 2.06. The van der Waals surface area contributed by atoms with Crippen molar-refractivity contribution in [3.05, 3.63) is 15.4 Å². The van der Waals surface area contributed by atoms with E-state index in [4.69, 9.17) is 4.74 Å². The van der Waals surface area contributed by atoms with Crippen LogP contribution in [-0.2, 0) is 6.42 Å². The van der Waals surface area contributed by atoms with Gasteiger partial charge in [0.1, 0.15) is 0 Å². The number of aliphatic hydroxyl groups is 1. The monoisotopic (exact) mass is 262 g/mol. The molecule has 1 N–H and O–H groups in total. The molecule has 1 heterocycles. The summed E-state index contributed by atoms with van der Waals surface area (Å²) in [6.07, 6.45) is 2.63. The van der Waals surface area contributed by atoms with E-state index in [1.54, 1.807) is 18.4 Å². The maximum absolute atomic E-state index is 9.71. The number of methoxy groups -OCH3 is 1. The van der Waals surface area contributed by atoms with Gasteiger partial charge in [-0.05, 0) is 34.8 Å². The van der Waals surface area contributed by atoms with Crippen LogP contribution in [0, 0.1) is 0 Å². The highest BCUT2D eigenvalue weighted by Crippen LogP contribution is 2.42. The lowest BCUT2D eigenvalue weighted by atomic mass is 10.2. The van der Waals surface area contributed by atoms with Gasteiger partial charge in [-0.15, -0.1) is 11.3 Å². The Morgan fingerprint density at radius 2 is 2.38 bits per heavy atom. The fraction of sp³-hybridized carbons (Fsp3) is 0.556. The van der Waals surface area contributed by atoms with Crippen molar-refractivity contribution in [1.82, 2.24) is 0 Å². The van der Waals surface area contributed by atoms with Gasteiger partial charge in [0.05, 0.1) is 17.2 Å². The minimum absolute atomic E-state index is 0.407. The maximum Gasteiger partial charge on any atom is 0.188 e. The third-order valence-corrected chi connectivity index (χ3v) is 4.17. The predicted molar refractivity (Wildman–Crippen MR) is 56.5 cm³/mol. The molecular formula is C9H11BrO2S. The highest BCUT2D eigenvalue weighted by Gasteiger charge is 2.40. The number of halogens is 1. The molecule has 1 saturated carbocycles. The first-order valence-electron chi connectivity index (χ1n) is 4.17. The molecule has 2 nitrogen and oxygen atoms in total. The summed E-state index contributed by atoms with van der Waals surface area (Å²) in [5, 5.41) is 10.6. The van der Waals surface area contributed by atoms with E-state index in [2.05, 4.69) is 15.9 Å². The molecule has 1 aliphatic rings. The summed E-state index contributed by atoms with van der Waals surface area (Å²) in [5.41, 5.74) is -0.407. The Balaban J connectivity index is 2.12. The molecule has 0 atom stereocenters. The zero-order valence-corrected chi connectivity index (χ0v) is 9.74. The SMILES string of the molecule is COc1sc(CC2(O)CC2)cc1Br. The van der Waals surface area contributed by atoms with Gasteiger partial charge in [-0.2, -0.15) is 0 Å². The number of thiophene rings is 1. The van der Waals surface area contributed by atoms with Gasteiger partial charge in [-0.25, -0.2) is 0 Å². The van der Waals surface area contributed by atoms with Crippen LogP contribution in [-0.4, -0.2) is 17.8 Å². The van der Waals surface area contributed by atoms with E-state index in [9.17, 15) is 5.11 Å². The molecule has 1 aromatic heterocycles. The molecule has 0 saturated heterocycles. The third-order valence-electron chi connectivity index (χ3n) is 2.22. The van der Waals surface area contributed by atoms with Crippen molar-refractivity contribution in [2.24, 2.45) is 0 Å². The second-order valence-corrected chi connectivity index (χ2v) is 5.41. The smallest absolute Gasteiger partial charge is 0.188 e. The van der Waals surface area contributed by atoms with Crippen molar-refractivity contribution in [3.63, 3.8) is 0 Å². The first kappa shape index (κ1) is 9.49. The second kappa shape index (κ2) is 3.26. The average molecular weight is 263 g/mol. The summed E-state index contributed by atoms with van der Waals surface area (Å²) >= 11 is 5.01. The fourth-order valence-corrected chi connectivity index (χ4v) is 3.10. The summed E-state index contributed by atoms with van der Waals surface area (Å²) in [5.74, 6) is 0. The van der Waals surface area contributed by atoms with E-state index < -0.39 is 5.60 Å². The van der Waals surface area contributed by atoms with Gasteiger partial charge in [0.25, 0.3) is 0 Å². The van der Waals surface area contributed by atoms with E-state index in [0.29, 0.717) is 0 Å². The van der Waals surface area contributed by atoms with Crippen LogP contribution in [0.1, 0.15) is 17.7 Å². The van der Waals surface area contributed by atoms with Crippen LogP contribution in [0.2, 0.25) is 0 Å². The lowest BCUT2D eigenvalue weighted by molar-refractivity contribution is 0.152. The Hall–Kier alpha value is -0.0600. The van der Waals surface area contributed by atoms with E-state index in [0.717, 1.165) is 28.8 Å². The van der Waals surface area contributed by atoms with Crippen LogP contribution >= 0.6 is 27.3 Å². The van der Waals surface area contributed by atoms with E-state index in [1.807, 2.05) is 6.07 Å². The molecule has 2 rings (SSSR count). The fourth-order valence-electron chi connectivity index (χ4n) is 1.27. The van der Waals surface area contributed by atoms with Crippen LogP contribution in [0.25, 0.3) is 0 Å². The van der Waals surface area contributed by atoms with E-state index >= 15 is 0 Å². The van der Waals surface area contributed by atoms with Crippen LogP contribution in [0.5, 0.6) is 5.06 Å². The average Bonchev–Trinajstić information content (AvgIpc) is 2.67. The highest BCUT2D eigenvalue weighted by molar-refractivity contribution is 9.10. The van der Waals surface area contributed by atoms with Crippen LogP contribution in [0.15, 0.2) is 10.5 Å². The summed E-state index contributed by atoms with van der Waals surface area (Å²) in [6, 6.07) is 2.03. The Kier molecular flexibility index (Phi) is 2.38. The Morgan fingerprint density at radius 3 is 2.85 bits per heavy atom. The topological polar surface area (TPSA) is 29.5 Å². The second-order valence-electron chi connectivity index (χ2n) is 3.45. The molecule has 4 heteroatoms. The zero-order chi connectivity index (χ0) is 9.47. The minimum Gasteiger partial charge on any atom is -0.486 e. The summed E-state index contributed by atoms with van der Waals surface area (Å²) in [7, 11) is 1.66. The molecule has 0 unspecified atom stereocenters. The predicted octanol–water partition coefficient (Wildman–Crippen LogP) is 2.59. The summed E-state index contributed by atoms with van der Waals surface area (Å²) in [6.45, 7) is 0. The van der Waals surface area contributed by atoms with Crippen molar-refractivity contribution in [2.75, 3.05) is 7.11 Å². The standard InChI is InChI=1S/C9H11BrO2S/c1-12-8-7(10)4-6(13-8)5-9(11)2-3-9/h4,11H,2-3,5H2,1H3. The lowest BCUT2D eigenvalue weighted by Crippen LogP contribution is -2.09. The van der Waals surface area contributed by atoms with Gasteiger partial charge in [0.15, 0.2) is 5.06 Å². The molecule has 0 amide bonds. The van der Waals surface area contributed by atoms with Gasteiger partial charge in [0.2, 0.25) is 0 Å². The number of rotatable bonds is 3. The van der Waals surface area contributed by atoms with Gasteiger partial charge < -0.3 is 9.84 Å². The molecule has 1 aliphatic carbocycles. The van der Waals surface area contributed by atoms with Gasteiger partial charge in [-0.1, -0.05) is 0 Å². The quantitative estimate of drug-likeness (QED) is 0.908. The molecular weight excluding hydrogens is 252 g/mol. The maximum atomic E-state index is 9.71. The van der Waals surface area contributed by atoms with Crippen molar-refractivity contribution < 1.29 is 9.84 Å². The largest absolute Gasteiger partial charge is 0.486 e. The first-order chi connectivity index (χ1) is 6.13. The van der Waals surface area contributed by atoms with E-state index in [-0.39, 0.29) is 0 Å². The lowest BCUT2D eigenvalue weighted by Gasteiger charge is -2.02. The minimum atomic E-state index is -0.407. The van der Waals surface area contributed by atoms with Crippen molar-refractivity contribution in [1.29, 1.82) is 0 Å². The molecule has 1 fully saturated rings. The van der Waals surface area contributed by atoms with Crippen molar-refractivity contribution in [3.8, 4) is 5.06 Å². The molecule has 1 aromatic rings. The molecule has 72 valence electrons. The van der Waals surface area contributed by atoms with E-state index in [1.165, 1.54) is 4.88 Å². The van der Waals surface area contributed by atoms with Crippen molar-refractivity contribution >= 4 is 27.3 Å². The normalized spacial score (nSPS) is 18.7. The van der Waals surface area contributed by atoms with Crippen LogP contribution in [0.3, 0.4) is 0 Å². The molecule has 13 heavy (non-hydrogen) atoms. The number of hydrogen-bond acceptors (Lipinski definition) is 3. The first-order valence-corrected chi connectivity index (χ1v) is 5.78. The molecule has 0 spiro atoms. The Bertz CT molecular complexity index is 317. The molecule has 0 bridgehead atoms. The molecule has 0 aliphatic heterocycles. The van der Waals surface area contributed by atoms with Gasteiger partial charge in [-0.3, -0.25) is 0 Å². The summed E-state index contributed by atoms with van der Waals surface area (Å²) < 4.78 is 6.14. The van der Waals surface area contributed by atoms with Crippen LogP contribution < -0.4 is 4.74 Å². The van der Waals surface area contributed by atoms with Crippen molar-refractivity contribution in [2.45, 2.75) is 24.9 Å². The van der Waals surface area contributed by atoms with Crippen LogP contribution in [0.4, 0.5) is 0 Å². The molecule has 0 aromatic carbocycles.